The van der Waals surface area contributed by atoms with Gasteiger partial charge >= 0.3 is 21.0 Å². The van der Waals surface area contributed by atoms with Crippen LogP contribution in [0, 0.1) is 7.43 Å². The molecule has 0 fully saturated rings. The molecule has 0 rings (SSSR count). The number of nitrogens with zero attached hydrogens (tertiary/aromatic N) is 1. The van der Waals surface area contributed by atoms with Gasteiger partial charge in [-0.2, -0.15) is 0 Å². The van der Waals surface area contributed by atoms with Crippen molar-refractivity contribution < 1.29 is 25.5 Å². The first-order valence-electron chi connectivity index (χ1n) is 1.75. The van der Waals surface area contributed by atoms with Crippen LogP contribution in [0.15, 0.2) is 0 Å². The van der Waals surface area contributed by atoms with Crippen molar-refractivity contribution in [1.82, 2.24) is 0 Å². The average molecular weight is 176 g/mol. The first-order valence-corrected chi connectivity index (χ1v) is 2.59. The van der Waals surface area contributed by atoms with E-state index in [0.717, 1.165) is 7.11 Å². The van der Waals surface area contributed by atoms with Crippen LogP contribution in [0.4, 0.5) is 0 Å². The number of hydroxylamine groups is 1. The Morgan fingerprint density at radius 3 is 1.56 bits per heavy atom. The summed E-state index contributed by atoms with van der Waals surface area (Å²) in [6.45, 7) is 0. The van der Waals surface area contributed by atoms with E-state index in [0.29, 0.717) is 0 Å². The standard InChI is InChI=1S/C2H6NO.CH4O.CH3.CH2.Mn/c1-3-4-2;1-2;;;/h1-2H3;2H,1H3;1H3;1H2;/q-1;;-1;;. The Morgan fingerprint density at radius 2 is 1.56 bits per heavy atom. The van der Waals surface area contributed by atoms with E-state index in [4.69, 9.17) is 5.11 Å². The molecule has 0 unspecified atom stereocenters. The van der Waals surface area contributed by atoms with Gasteiger partial charge in [0.1, 0.15) is 0 Å². The molecule has 0 amide bonds. The summed E-state index contributed by atoms with van der Waals surface area (Å²) in [5, 5.41) is 7.00. The Hall–Kier alpha value is 0.269. The number of hydrogen-bond acceptors (Lipinski definition) is 2. The predicted octanol–water partition coefficient (Wildman–Crippen LogP) is 0.575. The normalized spacial score (nSPS) is 4.44. The molecule has 0 aliphatic carbocycles. The number of rotatable bonds is 1. The van der Waals surface area contributed by atoms with Gasteiger partial charge in [-0.05, 0) is 0 Å². The Morgan fingerprint density at radius 1 is 1.44 bits per heavy atom. The summed E-state index contributed by atoms with van der Waals surface area (Å²) in [5.41, 5.74) is 6.30. The molecule has 3 nitrogen and oxygen atoms in total. The third-order valence-electron chi connectivity index (χ3n) is 0.183. The zero-order valence-electron chi connectivity index (χ0n) is 6.39. The molecule has 0 aliphatic rings. The Kier molecular flexibility index (Phi) is 215. The largest absolute Gasteiger partial charge is 0.358 e. The number of aliphatic hydroxyl groups excluding tert-OH is 1. The van der Waals surface area contributed by atoms with Crippen LogP contribution in [0.25, 0.3) is 5.48 Å². The van der Waals surface area contributed by atoms with Crippen LogP contribution < -0.4 is 0 Å². The van der Waals surface area contributed by atoms with Gasteiger partial charge < -0.3 is 22.9 Å². The second-order valence-electron chi connectivity index (χ2n) is 0.365. The Balaban J connectivity index is -0.0000000221. The van der Waals surface area contributed by atoms with Gasteiger partial charge in [0, 0.05) is 14.2 Å². The number of hydrogen-bond donors (Lipinski definition) is 1. The van der Waals surface area contributed by atoms with Crippen LogP contribution in [0.3, 0.4) is 0 Å². The summed E-state index contributed by atoms with van der Waals surface area (Å²) in [7, 11) is 4.10. The number of aliphatic hydroxyl groups is 1. The fourth-order valence-electron chi connectivity index (χ4n) is 0. The molecule has 0 aromatic rings. The second kappa shape index (κ2) is 84.8. The average Bonchev–Trinajstić information content (AvgIpc) is 1.96. The van der Waals surface area contributed by atoms with Gasteiger partial charge in [-0.3, -0.25) is 0 Å². The van der Waals surface area contributed by atoms with E-state index in [1.165, 1.54) is 7.11 Å². The van der Waals surface area contributed by atoms with Gasteiger partial charge in [0.05, 0.1) is 0 Å². The maximum atomic E-state index is 7.00. The molecule has 0 aromatic carbocycles. The van der Waals surface area contributed by atoms with Gasteiger partial charge in [-0.15, -0.1) is 7.05 Å². The van der Waals surface area contributed by atoms with Gasteiger partial charge in [-0.25, -0.2) is 0 Å². The summed E-state index contributed by atoms with van der Waals surface area (Å²) in [6, 6.07) is 0. The minimum atomic E-state index is 0. The molecule has 0 atom stereocenters. The smallest absolute Gasteiger partial charge is 0.358 e. The molecule has 0 saturated heterocycles. The first kappa shape index (κ1) is 22.8. The monoisotopic (exact) mass is 176 g/mol. The van der Waals surface area contributed by atoms with Crippen molar-refractivity contribution in [3.8, 4) is 0 Å². The Labute approximate surface area is 65.7 Å². The van der Waals surface area contributed by atoms with Crippen molar-refractivity contribution in [2.24, 2.45) is 0 Å². The fourth-order valence-corrected chi connectivity index (χ4v) is 0. The molecule has 61 valence electrons. The molecular weight excluding hydrogens is 161 g/mol. The van der Waals surface area contributed by atoms with E-state index >= 15 is 0 Å². The SMILES string of the molecule is CO.C[N-]OC.[CH2]=[Mn].[CH3-]. The third-order valence-corrected chi connectivity index (χ3v) is 0.183. The van der Waals surface area contributed by atoms with Gasteiger partial charge in [-0.1, -0.05) is 0 Å². The minimum absolute atomic E-state index is 0. The predicted molar refractivity (Wildman–Crippen MR) is 38.0 cm³/mol. The molecule has 0 radical (unpaired) electrons. The van der Waals surface area contributed by atoms with E-state index in [2.05, 4.69) is 31.3 Å². The molecule has 9 heavy (non-hydrogen) atoms. The summed E-state index contributed by atoms with van der Waals surface area (Å²) in [4.78, 5) is 4.17. The van der Waals surface area contributed by atoms with Crippen molar-refractivity contribution in [2.75, 3.05) is 21.3 Å². The second-order valence-corrected chi connectivity index (χ2v) is 0.365. The van der Waals surface area contributed by atoms with Crippen molar-refractivity contribution >= 4 is 5.42 Å². The Bertz CT molecular complexity index is 22.4. The summed E-state index contributed by atoms with van der Waals surface area (Å²) in [6.07, 6.45) is 0. The molecule has 0 saturated carbocycles. The van der Waals surface area contributed by atoms with E-state index in [1.807, 2.05) is 0 Å². The third kappa shape index (κ3) is 202. The van der Waals surface area contributed by atoms with Crippen LogP contribution in [0.1, 0.15) is 0 Å². The molecule has 0 spiro atoms. The molecular formula is C5H15MnNO2-2. The van der Waals surface area contributed by atoms with Crippen molar-refractivity contribution in [3.05, 3.63) is 12.9 Å². The quantitative estimate of drug-likeness (QED) is 0.360. The topological polar surface area (TPSA) is 43.6 Å². The molecule has 0 bridgehead atoms. The van der Waals surface area contributed by atoms with Crippen LogP contribution in [-0.2, 0) is 20.4 Å². The zero-order chi connectivity index (χ0) is 7.41. The molecule has 1 N–H and O–H groups in total. The van der Waals surface area contributed by atoms with Gasteiger partial charge in [0.15, 0.2) is 0 Å². The van der Waals surface area contributed by atoms with E-state index in [9.17, 15) is 0 Å². The summed E-state index contributed by atoms with van der Waals surface area (Å²) in [5.74, 6) is 0. The summed E-state index contributed by atoms with van der Waals surface area (Å²) >= 11 is 2.69. The van der Waals surface area contributed by atoms with Gasteiger partial charge in [0.2, 0.25) is 0 Å². The van der Waals surface area contributed by atoms with Crippen molar-refractivity contribution in [1.29, 1.82) is 0 Å². The van der Waals surface area contributed by atoms with Crippen LogP contribution in [0.2, 0.25) is 0 Å². The summed E-state index contributed by atoms with van der Waals surface area (Å²) < 4.78 is 0. The van der Waals surface area contributed by atoms with E-state index in [1.54, 1.807) is 7.05 Å². The van der Waals surface area contributed by atoms with E-state index < -0.39 is 0 Å². The van der Waals surface area contributed by atoms with Crippen molar-refractivity contribution in [2.45, 2.75) is 0 Å². The van der Waals surface area contributed by atoms with Crippen LogP contribution >= 0.6 is 0 Å². The maximum Gasteiger partial charge on any atom is -0.358 e. The van der Waals surface area contributed by atoms with Crippen LogP contribution in [-0.4, -0.2) is 31.8 Å². The molecule has 0 heterocycles. The minimum Gasteiger partial charge on any atom is -0.358 e. The van der Waals surface area contributed by atoms with Gasteiger partial charge in [0.25, 0.3) is 0 Å². The van der Waals surface area contributed by atoms with Crippen molar-refractivity contribution in [3.63, 3.8) is 0 Å². The fraction of sp³-hybridized carbons (Fsp3) is 0.600. The zero-order valence-corrected chi connectivity index (χ0v) is 7.57. The molecule has 0 aliphatic heterocycles. The maximum absolute atomic E-state index is 7.00. The van der Waals surface area contributed by atoms with E-state index in [-0.39, 0.29) is 7.43 Å². The molecule has 0 aromatic heterocycles. The molecule has 4 heteroatoms. The first-order chi connectivity index (χ1) is 3.91. The van der Waals surface area contributed by atoms with Crippen LogP contribution in [0.5, 0.6) is 0 Å².